The molecule has 1 unspecified atom stereocenters. The van der Waals surface area contributed by atoms with Gasteiger partial charge in [-0.15, -0.1) is 0 Å². The topological polar surface area (TPSA) is 54.0 Å². The van der Waals surface area contributed by atoms with Crippen LogP contribution in [-0.2, 0) is 9.53 Å². The molecule has 1 fully saturated rings. The quantitative estimate of drug-likeness (QED) is 0.685. The molecule has 0 spiro atoms. The molecule has 0 aromatic heterocycles. The van der Waals surface area contributed by atoms with Gasteiger partial charge in [-0.2, -0.15) is 0 Å². The molecular weight excluding hydrogens is 318 g/mol. The molecule has 0 aliphatic carbocycles. The molecule has 1 aliphatic heterocycles. The SMILES string of the molecule is COCCCC(=O)NC(CN1CCN(C)CC1)c1ccc(OC)cc1. The van der Waals surface area contributed by atoms with Gasteiger partial charge in [0.1, 0.15) is 5.75 Å². The van der Waals surface area contributed by atoms with Crippen molar-refractivity contribution >= 4 is 5.91 Å². The summed E-state index contributed by atoms with van der Waals surface area (Å²) in [7, 11) is 5.47. The van der Waals surface area contributed by atoms with E-state index in [1.807, 2.05) is 24.3 Å². The summed E-state index contributed by atoms with van der Waals surface area (Å²) in [6.45, 7) is 5.63. The van der Waals surface area contributed by atoms with E-state index < -0.39 is 0 Å². The summed E-state index contributed by atoms with van der Waals surface area (Å²) < 4.78 is 10.3. The number of rotatable bonds is 9. The number of ether oxygens (including phenoxy) is 2. The lowest BCUT2D eigenvalue weighted by atomic mass is 10.0. The fourth-order valence-corrected chi connectivity index (χ4v) is 3.00. The van der Waals surface area contributed by atoms with Crippen molar-refractivity contribution in [3.05, 3.63) is 29.8 Å². The number of nitrogens with one attached hydrogen (secondary N) is 1. The first-order chi connectivity index (χ1) is 12.1. The Bertz CT molecular complexity index is 513. The van der Waals surface area contributed by atoms with Crippen molar-refractivity contribution in [3.8, 4) is 5.75 Å². The van der Waals surface area contributed by atoms with E-state index in [0.717, 1.165) is 50.5 Å². The number of carbonyl (C=O) groups excluding carboxylic acids is 1. The highest BCUT2D eigenvalue weighted by Gasteiger charge is 2.21. The van der Waals surface area contributed by atoms with Crippen LogP contribution in [0.1, 0.15) is 24.4 Å². The van der Waals surface area contributed by atoms with Crippen LogP contribution in [-0.4, -0.2) is 76.3 Å². The number of piperazine rings is 1. The number of hydrogen-bond donors (Lipinski definition) is 1. The van der Waals surface area contributed by atoms with Crippen LogP contribution in [0.4, 0.5) is 0 Å². The highest BCUT2D eigenvalue weighted by molar-refractivity contribution is 5.76. The van der Waals surface area contributed by atoms with Gasteiger partial charge in [0.15, 0.2) is 0 Å². The van der Waals surface area contributed by atoms with Crippen LogP contribution < -0.4 is 10.1 Å². The van der Waals surface area contributed by atoms with E-state index in [4.69, 9.17) is 9.47 Å². The van der Waals surface area contributed by atoms with Crippen LogP contribution in [0.2, 0.25) is 0 Å². The van der Waals surface area contributed by atoms with Gasteiger partial charge in [0.25, 0.3) is 0 Å². The summed E-state index contributed by atoms with van der Waals surface area (Å²) in [5, 5.41) is 3.20. The summed E-state index contributed by atoms with van der Waals surface area (Å²) >= 11 is 0. The second-order valence-corrected chi connectivity index (χ2v) is 6.59. The third-order valence-electron chi connectivity index (χ3n) is 4.64. The first-order valence-electron chi connectivity index (χ1n) is 8.95. The normalized spacial score (nSPS) is 17.2. The largest absolute Gasteiger partial charge is 0.497 e. The van der Waals surface area contributed by atoms with Gasteiger partial charge in [0.2, 0.25) is 5.91 Å². The van der Waals surface area contributed by atoms with Gasteiger partial charge in [0.05, 0.1) is 13.2 Å². The van der Waals surface area contributed by atoms with Gasteiger partial charge in [-0.3, -0.25) is 9.69 Å². The summed E-state index contributed by atoms with van der Waals surface area (Å²) in [6, 6.07) is 7.96. The van der Waals surface area contributed by atoms with E-state index in [1.54, 1.807) is 14.2 Å². The predicted molar refractivity (Wildman–Crippen MR) is 98.9 cm³/mol. The standard InChI is InChI=1S/C19H31N3O3/c1-21-10-12-22(13-11-21)15-18(20-19(23)5-4-14-24-2)16-6-8-17(25-3)9-7-16/h6-9,18H,4-5,10-15H2,1-3H3,(H,20,23). The van der Waals surface area contributed by atoms with Crippen LogP contribution in [0.15, 0.2) is 24.3 Å². The highest BCUT2D eigenvalue weighted by atomic mass is 16.5. The first-order valence-corrected chi connectivity index (χ1v) is 8.95. The number of benzene rings is 1. The molecule has 2 rings (SSSR count). The minimum Gasteiger partial charge on any atom is -0.497 e. The van der Waals surface area contributed by atoms with E-state index >= 15 is 0 Å². The van der Waals surface area contributed by atoms with Crippen LogP contribution in [0, 0.1) is 0 Å². The van der Waals surface area contributed by atoms with Gasteiger partial charge < -0.3 is 19.7 Å². The van der Waals surface area contributed by atoms with Gasteiger partial charge in [-0.25, -0.2) is 0 Å². The number of hydrogen-bond acceptors (Lipinski definition) is 5. The predicted octanol–water partition coefficient (Wildman–Crippen LogP) is 1.53. The molecule has 1 atom stereocenters. The Kier molecular flexibility index (Phi) is 8.18. The fourth-order valence-electron chi connectivity index (χ4n) is 3.00. The summed E-state index contributed by atoms with van der Waals surface area (Å²) in [5.41, 5.74) is 1.11. The van der Waals surface area contributed by atoms with E-state index in [1.165, 1.54) is 0 Å². The Balaban J connectivity index is 2.00. The third kappa shape index (κ3) is 6.65. The molecule has 1 heterocycles. The lowest BCUT2D eigenvalue weighted by molar-refractivity contribution is -0.122. The summed E-state index contributed by atoms with van der Waals surface area (Å²) in [5.74, 6) is 0.903. The monoisotopic (exact) mass is 349 g/mol. The number of methoxy groups -OCH3 is 2. The molecule has 0 saturated carbocycles. The zero-order valence-corrected chi connectivity index (χ0v) is 15.7. The maximum Gasteiger partial charge on any atom is 0.220 e. The third-order valence-corrected chi connectivity index (χ3v) is 4.64. The van der Waals surface area contributed by atoms with E-state index in [-0.39, 0.29) is 11.9 Å². The minimum atomic E-state index is -0.00985. The number of likely N-dealkylation sites (N-methyl/N-ethyl adjacent to an activating group) is 1. The van der Waals surface area contributed by atoms with Gasteiger partial charge >= 0.3 is 0 Å². The summed E-state index contributed by atoms with van der Waals surface area (Å²) in [4.78, 5) is 17.1. The fraction of sp³-hybridized carbons (Fsp3) is 0.632. The molecule has 1 amide bonds. The molecule has 6 nitrogen and oxygen atoms in total. The average molecular weight is 349 g/mol. The van der Waals surface area contributed by atoms with Crippen molar-refractivity contribution in [2.75, 3.05) is 60.6 Å². The van der Waals surface area contributed by atoms with Crippen molar-refractivity contribution in [1.29, 1.82) is 0 Å². The Morgan fingerprint density at radius 1 is 1.16 bits per heavy atom. The van der Waals surface area contributed by atoms with Crippen LogP contribution in [0.3, 0.4) is 0 Å². The molecule has 140 valence electrons. The van der Waals surface area contributed by atoms with Crippen molar-refractivity contribution < 1.29 is 14.3 Å². The molecule has 1 aromatic rings. The molecule has 1 aliphatic rings. The van der Waals surface area contributed by atoms with Crippen molar-refractivity contribution in [2.24, 2.45) is 0 Å². The maximum absolute atomic E-state index is 12.3. The molecule has 0 bridgehead atoms. The second kappa shape index (κ2) is 10.4. The van der Waals surface area contributed by atoms with Gasteiger partial charge in [-0.1, -0.05) is 12.1 Å². The molecule has 6 heteroatoms. The van der Waals surface area contributed by atoms with E-state index in [0.29, 0.717) is 13.0 Å². The van der Waals surface area contributed by atoms with Crippen molar-refractivity contribution in [3.63, 3.8) is 0 Å². The van der Waals surface area contributed by atoms with Gasteiger partial charge in [0, 0.05) is 52.9 Å². The van der Waals surface area contributed by atoms with Crippen LogP contribution >= 0.6 is 0 Å². The lowest BCUT2D eigenvalue weighted by Crippen LogP contribution is -2.47. The highest BCUT2D eigenvalue weighted by Crippen LogP contribution is 2.19. The zero-order chi connectivity index (χ0) is 18.1. The number of amides is 1. The second-order valence-electron chi connectivity index (χ2n) is 6.59. The first kappa shape index (κ1) is 19.7. The Morgan fingerprint density at radius 3 is 2.44 bits per heavy atom. The summed E-state index contributed by atoms with van der Waals surface area (Å²) in [6.07, 6.45) is 1.23. The average Bonchev–Trinajstić information content (AvgIpc) is 2.63. The molecule has 1 saturated heterocycles. The Labute approximate surface area is 151 Å². The van der Waals surface area contributed by atoms with Crippen molar-refractivity contribution in [2.45, 2.75) is 18.9 Å². The van der Waals surface area contributed by atoms with Crippen LogP contribution in [0.25, 0.3) is 0 Å². The number of carbonyl (C=O) groups is 1. The minimum absolute atomic E-state index is 0.00985. The van der Waals surface area contributed by atoms with E-state index in [2.05, 4.69) is 22.2 Å². The zero-order valence-electron chi connectivity index (χ0n) is 15.7. The maximum atomic E-state index is 12.3. The van der Waals surface area contributed by atoms with Gasteiger partial charge in [-0.05, 0) is 31.2 Å². The number of nitrogens with zero attached hydrogens (tertiary/aromatic N) is 2. The van der Waals surface area contributed by atoms with E-state index in [9.17, 15) is 4.79 Å². The van der Waals surface area contributed by atoms with Crippen molar-refractivity contribution in [1.82, 2.24) is 15.1 Å². The van der Waals surface area contributed by atoms with Crippen LogP contribution in [0.5, 0.6) is 5.75 Å². The molecule has 1 N–H and O–H groups in total. The lowest BCUT2D eigenvalue weighted by Gasteiger charge is -2.35. The molecule has 25 heavy (non-hydrogen) atoms. The molecule has 1 aromatic carbocycles. The smallest absolute Gasteiger partial charge is 0.220 e. The molecular formula is C19H31N3O3. The Hall–Kier alpha value is -1.63. The Morgan fingerprint density at radius 2 is 1.84 bits per heavy atom. The molecule has 0 radical (unpaired) electrons.